The van der Waals surface area contributed by atoms with Crippen LogP contribution in [-0.2, 0) is 101 Å². The first kappa shape index (κ1) is 92.7. The van der Waals surface area contributed by atoms with Crippen LogP contribution in [0.15, 0.2) is 323 Å². The number of aromatic nitrogens is 12. The van der Waals surface area contributed by atoms with Crippen molar-refractivity contribution < 1.29 is 140 Å². The van der Waals surface area contributed by atoms with E-state index in [1.807, 2.05) is 168 Å². The van der Waals surface area contributed by atoms with Crippen molar-refractivity contribution >= 4 is 5.69 Å². The standard InChI is InChI=1S/3C15H11N2.C13H11F2N2.C12H8F2NO.2C9H5F2N2.5Ir/c1-3-7-13(8-4-1)14-11-16-17(12-14)15-9-5-2-6-10-15;1-2-6-13(7-3-1)14-8-4-9-15(12-14)17-11-5-10-16-17;1-2-5-13(6-3-1)14-7-9-15(10-8-14)17-12-4-11-16-17;1-17(2)10-5-6-16-13(8-10)11-4-3-9(14)7-12(11)15;1-16-9-4-5-15-12(7-9)10-3-2-8(13)6-11(10)14;2*10-7-2-3-9(8(11)6-7)13-5-1-4-12-13;;;;;/h1-9,11-12H;1-8,10-12H;1-9,11-12H;3,5-8H,1-2H3;2,4-7H,1H3;2*1-2,4-6H;;;;;/q7*-1;;;;;. The number of hydrogen-bond acceptors (Lipinski definition) is 9. The molecule has 0 aliphatic heterocycles. The van der Waals surface area contributed by atoms with Crippen molar-refractivity contribution in [1.29, 1.82) is 0 Å². The van der Waals surface area contributed by atoms with Gasteiger partial charge in [0.2, 0.25) is 0 Å². The Morgan fingerprint density at radius 3 is 1.20 bits per heavy atom. The molecule has 593 valence electrons. The third-order valence-corrected chi connectivity index (χ3v) is 15.5. The van der Waals surface area contributed by atoms with Crippen LogP contribution in [0.5, 0.6) is 5.75 Å². The van der Waals surface area contributed by atoms with Crippen molar-refractivity contribution in [2.75, 3.05) is 26.1 Å². The molecule has 0 fully saturated rings. The normalized spacial score (nSPS) is 9.87. The summed E-state index contributed by atoms with van der Waals surface area (Å²) in [6.45, 7) is 0. The van der Waals surface area contributed by atoms with E-state index < -0.39 is 46.5 Å². The summed E-state index contributed by atoms with van der Waals surface area (Å²) in [5.41, 5.74) is 12.1. The maximum atomic E-state index is 13.5. The molecule has 7 aromatic heterocycles. The fraction of sp³-hybridized carbons (Fsp3) is 0.0341. The fourth-order valence-corrected chi connectivity index (χ4v) is 10.2. The van der Waals surface area contributed by atoms with E-state index in [9.17, 15) is 35.1 Å². The van der Waals surface area contributed by atoms with Gasteiger partial charge >= 0.3 is 0 Å². The molecule has 0 aliphatic rings. The van der Waals surface area contributed by atoms with E-state index in [1.54, 1.807) is 66.0 Å². The van der Waals surface area contributed by atoms with Gasteiger partial charge in [0.15, 0.2) is 0 Å². The zero-order valence-electron chi connectivity index (χ0n) is 60.5. The fourth-order valence-electron chi connectivity index (χ4n) is 10.2. The van der Waals surface area contributed by atoms with E-state index in [0.717, 1.165) is 76.8 Å². The molecule has 115 heavy (non-hydrogen) atoms. The summed E-state index contributed by atoms with van der Waals surface area (Å²) < 4.78 is 117. The molecule has 0 saturated heterocycles. The third kappa shape index (κ3) is 27.3. The first-order valence-corrected chi connectivity index (χ1v) is 33.5. The van der Waals surface area contributed by atoms with Gasteiger partial charge < -0.3 is 19.6 Å². The van der Waals surface area contributed by atoms with Gasteiger partial charge in [-0.3, -0.25) is 58.5 Å². The Kier molecular flexibility index (Phi) is 38.3. The summed E-state index contributed by atoms with van der Waals surface area (Å²) in [5, 5.41) is 20.3. The molecule has 17 rings (SSSR count). The number of benzene rings is 10. The van der Waals surface area contributed by atoms with Crippen molar-refractivity contribution in [3.63, 3.8) is 0 Å². The SMILES string of the molecule is CN(C)c1ccnc(-c2[c-]cc(F)cc2F)c1.COc1ccnc(-c2[c-]cc(F)cc2F)c1.Fc1c[c-]c(-n2cccn2)c(F)c1.Fc1c[c-]c(-n2cccn2)c(F)c1.[Ir].[Ir].[Ir].[Ir].[Ir].[c-]1cc(-c2ccccc2)ccc1-n1cccn1.[c-]1ccc(-c2ccccc2)cc1-n1cccn1.[c-]1ccccc1-n1cc(-c2ccccc2)cn1. The van der Waals surface area contributed by atoms with Crippen molar-refractivity contribution in [2.45, 2.75) is 0 Å². The molecule has 7 heterocycles. The zero-order valence-corrected chi connectivity index (χ0v) is 72.5. The predicted molar refractivity (Wildman–Crippen MR) is 406 cm³/mol. The number of methoxy groups -OCH3 is 1. The van der Waals surface area contributed by atoms with E-state index in [0.29, 0.717) is 17.1 Å². The minimum atomic E-state index is -0.694. The first-order valence-electron chi connectivity index (χ1n) is 33.5. The zero-order chi connectivity index (χ0) is 77.0. The van der Waals surface area contributed by atoms with Crippen LogP contribution in [0.1, 0.15) is 0 Å². The number of pyridine rings is 2. The second kappa shape index (κ2) is 47.5. The molecule has 0 amide bonds. The van der Waals surface area contributed by atoms with E-state index >= 15 is 0 Å². The summed E-state index contributed by atoms with van der Waals surface area (Å²) in [6, 6.07) is 91.7. The topological polar surface area (TPSA) is 127 Å². The van der Waals surface area contributed by atoms with E-state index in [-0.39, 0.29) is 123 Å². The van der Waals surface area contributed by atoms with Gasteiger partial charge in [-0.1, -0.05) is 126 Å². The largest absolute Gasteiger partial charge is 0.497 e. The summed E-state index contributed by atoms with van der Waals surface area (Å²) in [4.78, 5) is 9.92. The minimum Gasteiger partial charge on any atom is -0.497 e. The van der Waals surface area contributed by atoms with Crippen LogP contribution < -0.4 is 9.64 Å². The van der Waals surface area contributed by atoms with Gasteiger partial charge in [0.05, 0.1) is 13.3 Å². The Hall–Kier alpha value is -11.2. The quantitative estimate of drug-likeness (QED) is 0.0868. The molecule has 0 N–H and O–H groups in total. The number of rotatable bonds is 12. The molecule has 0 aliphatic carbocycles. The van der Waals surface area contributed by atoms with Gasteiger partial charge in [-0.2, -0.15) is 98.3 Å². The monoisotopic (exact) mass is 2430 g/mol. The van der Waals surface area contributed by atoms with E-state index in [1.165, 1.54) is 62.9 Å². The predicted octanol–water partition coefficient (Wildman–Crippen LogP) is 19.6. The van der Waals surface area contributed by atoms with Crippen LogP contribution >= 0.6 is 0 Å². The van der Waals surface area contributed by atoms with Gasteiger partial charge in [-0.15, -0.1) is 77.9 Å². The molecule has 0 spiro atoms. The minimum absolute atomic E-state index is 0. The Morgan fingerprint density at radius 2 is 0.757 bits per heavy atom. The molecule has 0 atom stereocenters. The van der Waals surface area contributed by atoms with Crippen LogP contribution in [0.4, 0.5) is 40.8 Å². The van der Waals surface area contributed by atoms with E-state index in [2.05, 4.69) is 133 Å². The Bertz CT molecular complexity index is 5500. The van der Waals surface area contributed by atoms with Gasteiger partial charge in [0, 0.05) is 241 Å². The van der Waals surface area contributed by atoms with Crippen molar-refractivity contribution in [1.82, 2.24) is 58.9 Å². The van der Waals surface area contributed by atoms with Gasteiger partial charge in [-0.25, -0.2) is 0 Å². The smallest absolute Gasteiger partial charge is 0.113 e. The first-order chi connectivity index (χ1) is 53.6. The molecule has 17 aromatic rings. The summed E-state index contributed by atoms with van der Waals surface area (Å²) in [6.07, 6.45) is 20.5. The van der Waals surface area contributed by atoms with Crippen molar-refractivity contribution in [3.05, 3.63) is 412 Å². The second-order valence-electron chi connectivity index (χ2n) is 23.2. The Morgan fingerprint density at radius 1 is 0.322 bits per heavy atom. The number of ether oxygens (including phenoxy) is 1. The Balaban J connectivity index is 0.000000208. The molecule has 0 unspecified atom stereocenters. The molecule has 5 radical (unpaired) electrons. The number of nitrogens with zero attached hydrogens (tertiary/aromatic N) is 13. The van der Waals surface area contributed by atoms with Gasteiger partial charge in [0.25, 0.3) is 0 Å². The number of anilines is 1. The third-order valence-electron chi connectivity index (χ3n) is 15.5. The maximum absolute atomic E-state index is 13.5. The number of para-hydroxylation sites is 1. The van der Waals surface area contributed by atoms with Gasteiger partial charge in [-0.05, 0) is 93.4 Å². The van der Waals surface area contributed by atoms with Crippen LogP contribution in [0.25, 0.3) is 84.3 Å². The van der Waals surface area contributed by atoms with Gasteiger partial charge in [0.1, 0.15) is 5.75 Å². The maximum Gasteiger partial charge on any atom is 0.113 e. The van der Waals surface area contributed by atoms with Crippen molar-refractivity contribution in [2.24, 2.45) is 0 Å². The van der Waals surface area contributed by atoms with Crippen molar-refractivity contribution in [3.8, 4) is 90.1 Å². The Labute approximate surface area is 727 Å². The van der Waals surface area contributed by atoms with Crippen LogP contribution in [0.2, 0.25) is 0 Å². The average Bonchev–Trinajstić information content (AvgIpc) is 1.29. The molecule has 0 bridgehead atoms. The molecule has 14 nitrogen and oxygen atoms in total. The molecule has 0 saturated carbocycles. The van der Waals surface area contributed by atoms with Crippen LogP contribution in [-0.4, -0.2) is 80.1 Å². The molecule has 27 heteroatoms. The van der Waals surface area contributed by atoms with E-state index in [4.69, 9.17) is 4.74 Å². The molecular weight excluding hydrogens is 2370 g/mol. The van der Waals surface area contributed by atoms with Crippen LogP contribution in [0.3, 0.4) is 0 Å². The summed E-state index contributed by atoms with van der Waals surface area (Å²) in [7, 11) is 5.26. The van der Waals surface area contributed by atoms with Crippen LogP contribution in [0, 0.1) is 89.0 Å². The summed E-state index contributed by atoms with van der Waals surface area (Å²) in [5.74, 6) is -4.75. The number of hydrogen-bond donors (Lipinski definition) is 0. The number of halogens is 8. The second-order valence-corrected chi connectivity index (χ2v) is 23.2. The molecule has 10 aromatic carbocycles. The average molecular weight is 2430 g/mol. The summed E-state index contributed by atoms with van der Waals surface area (Å²) >= 11 is 0. The molecular formula is C88H62F8Ir5N13O-7.